The lowest BCUT2D eigenvalue weighted by atomic mass is 10.2. The van der Waals surface area contributed by atoms with Crippen molar-refractivity contribution in [2.75, 3.05) is 11.1 Å². The SMILES string of the molecule is Cn1ncc(N)c1C(=O)Nc1ccc(-c2nccs2)cc1. The Hall–Kier alpha value is -2.67. The van der Waals surface area contributed by atoms with Gasteiger partial charge in [-0.2, -0.15) is 5.10 Å². The van der Waals surface area contributed by atoms with Crippen LogP contribution < -0.4 is 11.1 Å². The van der Waals surface area contributed by atoms with Gasteiger partial charge < -0.3 is 11.1 Å². The van der Waals surface area contributed by atoms with E-state index in [2.05, 4.69) is 15.4 Å². The van der Waals surface area contributed by atoms with E-state index in [1.807, 2.05) is 29.6 Å². The maximum absolute atomic E-state index is 12.2. The number of nitrogens with zero attached hydrogens (tertiary/aromatic N) is 3. The Balaban J connectivity index is 1.78. The van der Waals surface area contributed by atoms with Gasteiger partial charge in [-0.3, -0.25) is 9.48 Å². The van der Waals surface area contributed by atoms with E-state index in [-0.39, 0.29) is 5.91 Å². The molecule has 0 saturated carbocycles. The molecule has 0 atom stereocenters. The van der Waals surface area contributed by atoms with Crippen molar-refractivity contribution in [1.29, 1.82) is 0 Å². The number of benzene rings is 1. The van der Waals surface area contributed by atoms with Gasteiger partial charge in [0.1, 0.15) is 10.7 Å². The summed E-state index contributed by atoms with van der Waals surface area (Å²) in [4.78, 5) is 16.4. The van der Waals surface area contributed by atoms with Crippen LogP contribution in [0.15, 0.2) is 42.0 Å². The standard InChI is InChI=1S/C14H13N5OS/c1-19-12(11(15)8-17-19)13(20)18-10-4-2-9(3-5-10)14-16-6-7-21-14/h2-8H,15H2,1H3,(H,18,20). The van der Waals surface area contributed by atoms with Gasteiger partial charge in [0.2, 0.25) is 0 Å². The van der Waals surface area contributed by atoms with E-state index in [4.69, 9.17) is 5.73 Å². The van der Waals surface area contributed by atoms with Crippen molar-refractivity contribution in [2.24, 2.45) is 7.05 Å². The average Bonchev–Trinajstić information content (AvgIpc) is 3.10. The largest absolute Gasteiger partial charge is 0.396 e. The maximum Gasteiger partial charge on any atom is 0.276 e. The minimum atomic E-state index is -0.283. The summed E-state index contributed by atoms with van der Waals surface area (Å²) in [6.45, 7) is 0. The highest BCUT2D eigenvalue weighted by atomic mass is 32.1. The molecule has 0 unspecified atom stereocenters. The van der Waals surface area contributed by atoms with Gasteiger partial charge in [0.25, 0.3) is 5.91 Å². The molecular weight excluding hydrogens is 286 g/mol. The predicted molar refractivity (Wildman–Crippen MR) is 83.1 cm³/mol. The number of carbonyl (C=O) groups excluding carboxylic acids is 1. The number of hydrogen-bond donors (Lipinski definition) is 2. The van der Waals surface area contributed by atoms with Gasteiger partial charge in [-0.25, -0.2) is 4.98 Å². The van der Waals surface area contributed by atoms with Gasteiger partial charge in [-0.05, 0) is 24.3 Å². The maximum atomic E-state index is 12.2. The third-order valence-electron chi connectivity index (χ3n) is 3.00. The highest BCUT2D eigenvalue weighted by Gasteiger charge is 2.15. The Bertz CT molecular complexity index is 742. The quantitative estimate of drug-likeness (QED) is 0.777. The molecule has 0 spiro atoms. The zero-order chi connectivity index (χ0) is 14.8. The molecule has 0 fully saturated rings. The number of aromatic nitrogens is 3. The number of aryl methyl sites for hydroxylation is 1. The minimum Gasteiger partial charge on any atom is -0.396 e. The topological polar surface area (TPSA) is 85.8 Å². The third kappa shape index (κ3) is 2.63. The lowest BCUT2D eigenvalue weighted by Gasteiger charge is -2.07. The molecule has 0 aliphatic rings. The number of nitrogens with one attached hydrogen (secondary N) is 1. The summed E-state index contributed by atoms with van der Waals surface area (Å²) in [7, 11) is 1.68. The number of carbonyl (C=O) groups is 1. The molecule has 106 valence electrons. The molecule has 3 N–H and O–H groups in total. The molecule has 1 amide bonds. The molecule has 0 aliphatic carbocycles. The van der Waals surface area contributed by atoms with E-state index >= 15 is 0 Å². The van der Waals surface area contributed by atoms with Gasteiger partial charge >= 0.3 is 0 Å². The number of anilines is 2. The zero-order valence-corrected chi connectivity index (χ0v) is 12.1. The summed E-state index contributed by atoms with van der Waals surface area (Å²) >= 11 is 1.57. The number of amides is 1. The van der Waals surface area contributed by atoms with Crippen LogP contribution in [-0.4, -0.2) is 20.7 Å². The van der Waals surface area contributed by atoms with Crippen LogP contribution in [0.25, 0.3) is 10.6 Å². The Morgan fingerprint density at radius 3 is 2.67 bits per heavy atom. The van der Waals surface area contributed by atoms with Crippen LogP contribution in [-0.2, 0) is 7.05 Å². The van der Waals surface area contributed by atoms with Crippen molar-refractivity contribution < 1.29 is 4.79 Å². The number of hydrogen-bond acceptors (Lipinski definition) is 5. The summed E-state index contributed by atoms with van der Waals surface area (Å²) in [5, 5.41) is 9.63. The second-order valence-electron chi connectivity index (χ2n) is 4.44. The van der Waals surface area contributed by atoms with Crippen LogP contribution in [0, 0.1) is 0 Å². The fourth-order valence-corrected chi connectivity index (χ4v) is 2.63. The monoisotopic (exact) mass is 299 g/mol. The molecule has 3 aromatic rings. The van der Waals surface area contributed by atoms with Gasteiger partial charge in [-0.1, -0.05) is 0 Å². The number of thiazole rings is 1. The molecule has 6 nitrogen and oxygen atoms in total. The molecule has 0 aliphatic heterocycles. The van der Waals surface area contributed by atoms with E-state index in [0.717, 1.165) is 10.6 Å². The Morgan fingerprint density at radius 1 is 1.33 bits per heavy atom. The highest BCUT2D eigenvalue weighted by molar-refractivity contribution is 7.13. The fraction of sp³-hybridized carbons (Fsp3) is 0.0714. The minimum absolute atomic E-state index is 0.283. The van der Waals surface area contributed by atoms with Crippen LogP contribution in [0.5, 0.6) is 0 Å². The zero-order valence-electron chi connectivity index (χ0n) is 11.3. The first-order chi connectivity index (χ1) is 10.1. The van der Waals surface area contributed by atoms with Crippen molar-refractivity contribution in [3.05, 3.63) is 47.7 Å². The van der Waals surface area contributed by atoms with Crippen LogP contribution in [0.1, 0.15) is 10.5 Å². The molecule has 1 aromatic carbocycles. The summed E-state index contributed by atoms with van der Waals surface area (Å²) in [5.41, 5.74) is 8.15. The lowest BCUT2D eigenvalue weighted by molar-refractivity contribution is 0.101. The molecule has 7 heteroatoms. The van der Waals surface area contributed by atoms with E-state index in [9.17, 15) is 4.79 Å². The predicted octanol–water partition coefficient (Wildman–Crippen LogP) is 2.38. The molecule has 0 saturated heterocycles. The first-order valence-electron chi connectivity index (χ1n) is 6.24. The Labute approximate surface area is 125 Å². The van der Waals surface area contributed by atoms with Crippen LogP contribution in [0.2, 0.25) is 0 Å². The third-order valence-corrected chi connectivity index (χ3v) is 3.83. The summed E-state index contributed by atoms with van der Waals surface area (Å²) in [6, 6.07) is 7.50. The molecule has 2 heterocycles. The van der Waals surface area contributed by atoms with Gasteiger partial charge in [0, 0.05) is 29.9 Å². The van der Waals surface area contributed by atoms with Crippen LogP contribution in [0.3, 0.4) is 0 Å². The van der Waals surface area contributed by atoms with Gasteiger partial charge in [0.05, 0.1) is 11.9 Å². The molecule has 3 rings (SSSR count). The molecule has 0 radical (unpaired) electrons. The highest BCUT2D eigenvalue weighted by Crippen LogP contribution is 2.23. The average molecular weight is 299 g/mol. The van der Waals surface area contributed by atoms with Crippen molar-refractivity contribution in [3.63, 3.8) is 0 Å². The molecule has 0 bridgehead atoms. The summed E-state index contributed by atoms with van der Waals surface area (Å²) in [6.07, 6.45) is 3.22. The van der Waals surface area contributed by atoms with E-state index < -0.39 is 0 Å². The molecule has 21 heavy (non-hydrogen) atoms. The van der Waals surface area contributed by atoms with E-state index in [1.54, 1.807) is 24.6 Å². The second-order valence-corrected chi connectivity index (χ2v) is 5.34. The first-order valence-corrected chi connectivity index (χ1v) is 7.12. The first kappa shape index (κ1) is 13.3. The Morgan fingerprint density at radius 2 is 2.10 bits per heavy atom. The number of nitrogens with two attached hydrogens (primary N) is 1. The summed E-state index contributed by atoms with van der Waals surface area (Å²) in [5.74, 6) is -0.283. The van der Waals surface area contributed by atoms with Gasteiger partial charge in [-0.15, -0.1) is 11.3 Å². The second kappa shape index (κ2) is 5.37. The number of rotatable bonds is 3. The smallest absolute Gasteiger partial charge is 0.276 e. The van der Waals surface area contributed by atoms with Gasteiger partial charge in [0.15, 0.2) is 0 Å². The summed E-state index contributed by atoms with van der Waals surface area (Å²) < 4.78 is 1.45. The van der Waals surface area contributed by atoms with E-state index in [0.29, 0.717) is 17.1 Å². The molecule has 2 aromatic heterocycles. The van der Waals surface area contributed by atoms with Crippen LogP contribution >= 0.6 is 11.3 Å². The van der Waals surface area contributed by atoms with E-state index in [1.165, 1.54) is 10.9 Å². The van der Waals surface area contributed by atoms with Crippen molar-refractivity contribution in [1.82, 2.24) is 14.8 Å². The van der Waals surface area contributed by atoms with Crippen molar-refractivity contribution >= 4 is 28.6 Å². The molecular formula is C14H13N5OS. The Kier molecular flexibility index (Phi) is 3.41. The fourth-order valence-electron chi connectivity index (χ4n) is 1.99. The van der Waals surface area contributed by atoms with Crippen LogP contribution in [0.4, 0.5) is 11.4 Å². The number of nitrogen functional groups attached to an aromatic ring is 1. The lowest BCUT2D eigenvalue weighted by Crippen LogP contribution is -2.17. The van der Waals surface area contributed by atoms with Crippen molar-refractivity contribution in [3.8, 4) is 10.6 Å². The normalized spacial score (nSPS) is 10.5. The van der Waals surface area contributed by atoms with Crippen molar-refractivity contribution in [2.45, 2.75) is 0 Å².